The first-order chi connectivity index (χ1) is 4.00. The van der Waals surface area contributed by atoms with E-state index in [4.69, 9.17) is 10.8 Å². The largest absolute Gasteiger partial charge is 0.480 e. The van der Waals surface area contributed by atoms with E-state index < -0.39 is 11.5 Å². The van der Waals surface area contributed by atoms with Crippen LogP contribution >= 0.6 is 0 Å². The van der Waals surface area contributed by atoms with Gasteiger partial charge in [0.1, 0.15) is 5.54 Å². The fourth-order valence-corrected chi connectivity index (χ4v) is 0.362. The number of rotatable bonds is 3. The Morgan fingerprint density at radius 2 is 2.33 bits per heavy atom. The minimum atomic E-state index is -1.26. The van der Waals surface area contributed by atoms with Crippen molar-refractivity contribution in [2.45, 2.75) is 12.5 Å². The average Bonchev–Trinajstić information content (AvgIpc) is 1.65. The number of hydrogen-bond acceptors (Lipinski definition) is 3. The molecule has 4 nitrogen and oxygen atoms in total. The average molecular weight is 133 g/mol. The smallest absolute Gasteiger partial charge is 0.325 e. The second-order valence-corrected chi connectivity index (χ2v) is 2.16. The highest BCUT2D eigenvalue weighted by Gasteiger charge is 2.27. The van der Waals surface area contributed by atoms with Crippen LogP contribution in [0.4, 0.5) is 0 Å². The summed E-state index contributed by atoms with van der Waals surface area (Å²) >= 11 is 0. The van der Waals surface area contributed by atoms with E-state index in [-0.39, 0.29) is 6.61 Å². The molecule has 0 fully saturated rings. The zero-order valence-electron chi connectivity index (χ0n) is 5.55. The van der Waals surface area contributed by atoms with Crippen molar-refractivity contribution in [3.8, 4) is 0 Å². The maximum atomic E-state index is 10.2. The van der Waals surface area contributed by atoms with Gasteiger partial charge in [-0.25, -0.2) is 0 Å². The summed E-state index contributed by atoms with van der Waals surface area (Å²) in [4.78, 5) is 10.2. The van der Waals surface area contributed by atoms with E-state index in [0.29, 0.717) is 0 Å². The van der Waals surface area contributed by atoms with E-state index in [2.05, 4.69) is 4.74 Å². The summed E-state index contributed by atoms with van der Waals surface area (Å²) in [7, 11) is 1.41. The molecule has 0 bridgehead atoms. The first-order valence-corrected chi connectivity index (χ1v) is 2.52. The maximum absolute atomic E-state index is 10.2. The number of aliphatic carboxylic acids is 1. The van der Waals surface area contributed by atoms with Gasteiger partial charge in [-0.05, 0) is 6.92 Å². The zero-order chi connectivity index (χ0) is 7.49. The summed E-state index contributed by atoms with van der Waals surface area (Å²) in [5, 5.41) is 8.37. The van der Waals surface area contributed by atoms with Crippen LogP contribution in [0.2, 0.25) is 0 Å². The number of carboxylic acid groups (broad SMARTS) is 1. The van der Waals surface area contributed by atoms with Crippen LogP contribution in [-0.4, -0.2) is 30.3 Å². The molecule has 1 atom stereocenters. The van der Waals surface area contributed by atoms with Crippen molar-refractivity contribution < 1.29 is 14.6 Å². The van der Waals surface area contributed by atoms with E-state index in [0.717, 1.165) is 0 Å². The minimum absolute atomic E-state index is 0.0301. The summed E-state index contributed by atoms with van der Waals surface area (Å²) in [5.74, 6) is -1.05. The third-order valence-electron chi connectivity index (χ3n) is 0.933. The van der Waals surface area contributed by atoms with E-state index >= 15 is 0 Å². The Morgan fingerprint density at radius 1 is 1.89 bits per heavy atom. The standard InChI is InChI=1S/C5H11NO3/c1-5(6,3-9-2)4(7)8/h3,6H2,1-2H3,(H,7,8). The molecule has 1 unspecified atom stereocenters. The summed E-state index contributed by atoms with van der Waals surface area (Å²) in [6.45, 7) is 1.43. The van der Waals surface area contributed by atoms with Gasteiger partial charge in [0, 0.05) is 7.11 Å². The van der Waals surface area contributed by atoms with Gasteiger partial charge in [-0.1, -0.05) is 0 Å². The van der Waals surface area contributed by atoms with Gasteiger partial charge in [-0.2, -0.15) is 0 Å². The molecule has 0 heterocycles. The Morgan fingerprint density at radius 3 is 2.44 bits per heavy atom. The molecular formula is C5H11NO3. The number of methoxy groups -OCH3 is 1. The second-order valence-electron chi connectivity index (χ2n) is 2.16. The Kier molecular flexibility index (Phi) is 2.61. The third kappa shape index (κ3) is 2.43. The van der Waals surface area contributed by atoms with Crippen molar-refractivity contribution in [2.75, 3.05) is 13.7 Å². The van der Waals surface area contributed by atoms with Gasteiger partial charge >= 0.3 is 5.97 Å². The Labute approximate surface area is 53.6 Å². The first-order valence-electron chi connectivity index (χ1n) is 2.52. The number of carbonyl (C=O) groups is 1. The lowest BCUT2D eigenvalue weighted by molar-refractivity contribution is -0.144. The topological polar surface area (TPSA) is 72.5 Å². The molecule has 0 spiro atoms. The molecule has 54 valence electrons. The normalized spacial score (nSPS) is 16.8. The molecule has 0 aromatic heterocycles. The van der Waals surface area contributed by atoms with Gasteiger partial charge in [0.05, 0.1) is 6.61 Å². The van der Waals surface area contributed by atoms with E-state index in [1.165, 1.54) is 14.0 Å². The molecule has 0 aliphatic heterocycles. The lowest BCUT2D eigenvalue weighted by Crippen LogP contribution is -2.48. The van der Waals surface area contributed by atoms with Gasteiger partial charge in [0.15, 0.2) is 0 Å². The third-order valence-corrected chi connectivity index (χ3v) is 0.933. The summed E-state index contributed by atoms with van der Waals surface area (Å²) in [6.07, 6.45) is 0. The highest BCUT2D eigenvalue weighted by molar-refractivity contribution is 5.77. The number of ether oxygens (including phenoxy) is 1. The monoisotopic (exact) mass is 133 g/mol. The van der Waals surface area contributed by atoms with E-state index in [9.17, 15) is 4.79 Å². The van der Waals surface area contributed by atoms with Crippen LogP contribution < -0.4 is 5.73 Å². The molecule has 9 heavy (non-hydrogen) atoms. The summed E-state index contributed by atoms with van der Waals surface area (Å²) in [6, 6.07) is 0. The van der Waals surface area contributed by atoms with Crippen LogP contribution in [-0.2, 0) is 9.53 Å². The number of hydrogen-bond donors (Lipinski definition) is 2. The zero-order valence-corrected chi connectivity index (χ0v) is 5.55. The molecule has 0 rings (SSSR count). The van der Waals surface area contributed by atoms with Gasteiger partial charge in [0.25, 0.3) is 0 Å². The van der Waals surface area contributed by atoms with Crippen molar-refractivity contribution in [3.05, 3.63) is 0 Å². The van der Waals surface area contributed by atoms with Crippen LogP contribution in [0, 0.1) is 0 Å². The fourth-order valence-electron chi connectivity index (χ4n) is 0.362. The first kappa shape index (κ1) is 8.39. The van der Waals surface area contributed by atoms with Crippen LogP contribution in [0.25, 0.3) is 0 Å². The van der Waals surface area contributed by atoms with Crippen molar-refractivity contribution in [1.29, 1.82) is 0 Å². The molecule has 0 saturated heterocycles. The maximum Gasteiger partial charge on any atom is 0.325 e. The minimum Gasteiger partial charge on any atom is -0.480 e. The fraction of sp³-hybridized carbons (Fsp3) is 0.800. The molecular weight excluding hydrogens is 122 g/mol. The van der Waals surface area contributed by atoms with Crippen LogP contribution in [0.3, 0.4) is 0 Å². The van der Waals surface area contributed by atoms with E-state index in [1.54, 1.807) is 0 Å². The molecule has 0 aliphatic rings. The number of nitrogens with two attached hydrogens (primary N) is 1. The molecule has 0 aliphatic carbocycles. The van der Waals surface area contributed by atoms with Crippen molar-refractivity contribution in [3.63, 3.8) is 0 Å². The van der Waals surface area contributed by atoms with Crippen molar-refractivity contribution in [2.24, 2.45) is 5.73 Å². The number of carboxylic acids is 1. The quantitative estimate of drug-likeness (QED) is 0.541. The van der Waals surface area contributed by atoms with Gasteiger partial charge < -0.3 is 15.6 Å². The molecule has 0 aromatic carbocycles. The molecule has 4 heteroatoms. The van der Waals surface area contributed by atoms with Crippen molar-refractivity contribution >= 4 is 5.97 Å². The molecule has 0 aromatic rings. The van der Waals surface area contributed by atoms with Gasteiger partial charge in [-0.15, -0.1) is 0 Å². The molecule has 0 amide bonds. The lowest BCUT2D eigenvalue weighted by Gasteiger charge is -2.16. The molecule has 3 N–H and O–H groups in total. The lowest BCUT2D eigenvalue weighted by atomic mass is 10.1. The Balaban J connectivity index is 3.85. The molecule has 0 saturated carbocycles. The van der Waals surface area contributed by atoms with Crippen molar-refractivity contribution in [1.82, 2.24) is 0 Å². The van der Waals surface area contributed by atoms with Crippen LogP contribution in [0.5, 0.6) is 0 Å². The second kappa shape index (κ2) is 2.80. The van der Waals surface area contributed by atoms with Crippen LogP contribution in [0.15, 0.2) is 0 Å². The Hall–Kier alpha value is -0.610. The predicted molar refractivity (Wildman–Crippen MR) is 32.1 cm³/mol. The Bertz CT molecular complexity index is 111. The summed E-state index contributed by atoms with van der Waals surface area (Å²) < 4.78 is 4.56. The SMILES string of the molecule is COCC(C)(N)C(=O)O. The van der Waals surface area contributed by atoms with Gasteiger partial charge in [-0.3, -0.25) is 4.79 Å². The van der Waals surface area contributed by atoms with Crippen LogP contribution in [0.1, 0.15) is 6.92 Å². The highest BCUT2D eigenvalue weighted by atomic mass is 16.5. The van der Waals surface area contributed by atoms with Gasteiger partial charge in [0.2, 0.25) is 0 Å². The highest BCUT2D eigenvalue weighted by Crippen LogP contribution is 1.97. The predicted octanol–water partition coefficient (Wildman–Crippen LogP) is -0.565. The van der Waals surface area contributed by atoms with E-state index in [1.807, 2.05) is 0 Å². The molecule has 0 radical (unpaired) electrons. The summed E-state index contributed by atoms with van der Waals surface area (Å²) in [5.41, 5.74) is 3.99.